The lowest BCUT2D eigenvalue weighted by Crippen LogP contribution is -2.09. The Morgan fingerprint density at radius 3 is 2.63 bits per heavy atom. The number of carbonyl (C=O) groups excluding carboxylic acids is 1. The smallest absolute Gasteiger partial charge is 0.338 e. The van der Waals surface area contributed by atoms with Gasteiger partial charge in [0.15, 0.2) is 9.84 Å². The Kier molecular flexibility index (Phi) is 3.80. The fourth-order valence-electron chi connectivity index (χ4n) is 1.76. The van der Waals surface area contributed by atoms with Crippen molar-refractivity contribution in [2.45, 2.75) is 24.2 Å². The minimum Gasteiger partial charge on any atom is -0.462 e. The van der Waals surface area contributed by atoms with Gasteiger partial charge in [-0.2, -0.15) is 0 Å². The second-order valence-electron chi connectivity index (χ2n) is 4.93. The summed E-state index contributed by atoms with van der Waals surface area (Å²) in [6.07, 6.45) is 4.35. The molecule has 1 aliphatic rings. The molecule has 0 aromatic heterocycles. The van der Waals surface area contributed by atoms with Gasteiger partial charge in [-0.1, -0.05) is 12.8 Å². The zero-order valence-electron chi connectivity index (χ0n) is 10.8. The molecule has 0 atom stereocenters. The van der Waals surface area contributed by atoms with Gasteiger partial charge in [0.25, 0.3) is 0 Å². The second kappa shape index (κ2) is 5.21. The Morgan fingerprint density at radius 2 is 2.05 bits per heavy atom. The van der Waals surface area contributed by atoms with Crippen molar-refractivity contribution in [3.8, 4) is 0 Å². The second-order valence-corrected chi connectivity index (χ2v) is 6.95. The average molecular weight is 283 g/mol. The standard InChI is InChI=1S/C13H17NO4S/c1-19(16,17)12-7-10(6-11(14)8-12)13(15)18-5-4-9-2-3-9/h6-9H,2-5,14H2,1H3. The van der Waals surface area contributed by atoms with Crippen LogP contribution in [0.5, 0.6) is 0 Å². The van der Waals surface area contributed by atoms with Crippen LogP contribution >= 0.6 is 0 Å². The van der Waals surface area contributed by atoms with Crippen LogP contribution in [0, 0.1) is 5.92 Å². The van der Waals surface area contributed by atoms with Gasteiger partial charge < -0.3 is 10.5 Å². The predicted molar refractivity (Wildman–Crippen MR) is 71.6 cm³/mol. The normalized spacial score (nSPS) is 15.2. The minimum absolute atomic E-state index is 0.0293. The van der Waals surface area contributed by atoms with Crippen LogP contribution in [-0.2, 0) is 14.6 Å². The number of nitrogens with two attached hydrogens (primary N) is 1. The van der Waals surface area contributed by atoms with E-state index >= 15 is 0 Å². The number of rotatable bonds is 5. The Bertz CT molecular complexity index is 591. The number of sulfone groups is 1. The van der Waals surface area contributed by atoms with Crippen molar-refractivity contribution >= 4 is 21.5 Å². The summed E-state index contributed by atoms with van der Waals surface area (Å²) in [6.45, 7) is 0.368. The van der Waals surface area contributed by atoms with E-state index < -0.39 is 15.8 Å². The minimum atomic E-state index is -3.39. The highest BCUT2D eigenvalue weighted by Gasteiger charge is 2.21. The Balaban J connectivity index is 2.09. The van der Waals surface area contributed by atoms with Crippen LogP contribution in [-0.4, -0.2) is 27.2 Å². The number of carbonyl (C=O) groups is 1. The number of hydrogen-bond donors (Lipinski definition) is 1. The summed E-state index contributed by atoms with van der Waals surface area (Å²) >= 11 is 0. The van der Waals surface area contributed by atoms with Gasteiger partial charge in [0.2, 0.25) is 0 Å². The fourth-order valence-corrected chi connectivity index (χ4v) is 2.45. The summed E-state index contributed by atoms with van der Waals surface area (Å²) < 4.78 is 28.0. The van der Waals surface area contributed by atoms with Crippen LogP contribution in [0.1, 0.15) is 29.6 Å². The van der Waals surface area contributed by atoms with E-state index in [-0.39, 0.29) is 16.1 Å². The first-order chi connectivity index (χ1) is 8.86. The topological polar surface area (TPSA) is 86.5 Å². The first-order valence-corrected chi connectivity index (χ1v) is 8.03. The molecule has 1 fully saturated rings. The van der Waals surface area contributed by atoms with Crippen molar-refractivity contribution in [3.63, 3.8) is 0 Å². The molecule has 19 heavy (non-hydrogen) atoms. The molecule has 0 unspecified atom stereocenters. The molecular weight excluding hydrogens is 266 g/mol. The van der Waals surface area contributed by atoms with Crippen molar-refractivity contribution in [1.29, 1.82) is 0 Å². The zero-order chi connectivity index (χ0) is 14.0. The Hall–Kier alpha value is -1.56. The monoisotopic (exact) mass is 283 g/mol. The molecule has 0 radical (unpaired) electrons. The molecule has 2 N–H and O–H groups in total. The summed E-state index contributed by atoms with van der Waals surface area (Å²) in [5.74, 6) is 0.151. The maximum absolute atomic E-state index is 11.8. The van der Waals surface area contributed by atoms with E-state index in [0.717, 1.165) is 12.7 Å². The number of ether oxygens (including phenoxy) is 1. The molecule has 0 amide bonds. The Morgan fingerprint density at radius 1 is 1.37 bits per heavy atom. The molecule has 1 aromatic rings. The lowest BCUT2D eigenvalue weighted by atomic mass is 10.2. The molecular formula is C13H17NO4S. The molecule has 0 bridgehead atoms. The largest absolute Gasteiger partial charge is 0.462 e. The summed E-state index contributed by atoms with van der Waals surface area (Å²) in [5.41, 5.74) is 6.02. The van der Waals surface area contributed by atoms with Gasteiger partial charge in [0.05, 0.1) is 17.1 Å². The van der Waals surface area contributed by atoms with Gasteiger partial charge in [0, 0.05) is 11.9 Å². The quantitative estimate of drug-likeness (QED) is 0.655. The van der Waals surface area contributed by atoms with Gasteiger partial charge in [0.1, 0.15) is 0 Å². The number of benzene rings is 1. The first-order valence-electron chi connectivity index (χ1n) is 6.14. The van der Waals surface area contributed by atoms with Gasteiger partial charge in [-0.3, -0.25) is 0 Å². The maximum atomic E-state index is 11.8. The molecule has 0 heterocycles. The van der Waals surface area contributed by atoms with Crippen LogP contribution < -0.4 is 5.73 Å². The average Bonchev–Trinajstić information content (AvgIpc) is 3.11. The van der Waals surface area contributed by atoms with Gasteiger partial charge in [-0.15, -0.1) is 0 Å². The maximum Gasteiger partial charge on any atom is 0.338 e. The third kappa shape index (κ3) is 3.96. The fraction of sp³-hybridized carbons (Fsp3) is 0.462. The van der Waals surface area contributed by atoms with Crippen molar-refractivity contribution in [3.05, 3.63) is 23.8 Å². The molecule has 104 valence electrons. The molecule has 0 aliphatic heterocycles. The summed E-state index contributed by atoms with van der Waals surface area (Å²) in [4.78, 5) is 11.8. The molecule has 2 rings (SSSR count). The molecule has 6 heteroatoms. The van der Waals surface area contributed by atoms with Crippen molar-refractivity contribution in [2.24, 2.45) is 5.92 Å². The van der Waals surface area contributed by atoms with E-state index in [9.17, 15) is 13.2 Å². The molecule has 1 aromatic carbocycles. The van der Waals surface area contributed by atoms with Gasteiger partial charge in [-0.25, -0.2) is 13.2 Å². The van der Waals surface area contributed by atoms with Crippen molar-refractivity contribution in [2.75, 3.05) is 18.6 Å². The third-order valence-corrected chi connectivity index (χ3v) is 4.14. The van der Waals surface area contributed by atoms with Gasteiger partial charge >= 0.3 is 5.97 Å². The SMILES string of the molecule is CS(=O)(=O)c1cc(N)cc(C(=O)OCCC2CC2)c1. The van der Waals surface area contributed by atoms with Crippen LogP contribution in [0.25, 0.3) is 0 Å². The van der Waals surface area contributed by atoms with E-state index in [1.165, 1.54) is 31.0 Å². The summed E-state index contributed by atoms with van der Waals surface area (Å²) in [6, 6.07) is 4.05. The van der Waals surface area contributed by atoms with E-state index in [1.54, 1.807) is 0 Å². The summed E-state index contributed by atoms with van der Waals surface area (Å²) in [7, 11) is -3.39. The van der Waals surface area contributed by atoms with Crippen molar-refractivity contribution < 1.29 is 17.9 Å². The lowest BCUT2D eigenvalue weighted by molar-refractivity contribution is 0.0494. The van der Waals surface area contributed by atoms with Crippen LogP contribution in [0.4, 0.5) is 5.69 Å². The molecule has 5 nitrogen and oxygen atoms in total. The predicted octanol–water partition coefficient (Wildman–Crippen LogP) is 1.63. The molecule has 1 saturated carbocycles. The number of nitrogen functional groups attached to an aromatic ring is 1. The highest BCUT2D eigenvalue weighted by atomic mass is 32.2. The molecule has 0 spiro atoms. The highest BCUT2D eigenvalue weighted by Crippen LogP contribution is 2.32. The van der Waals surface area contributed by atoms with E-state index in [1.807, 2.05) is 0 Å². The van der Waals surface area contributed by atoms with Crippen molar-refractivity contribution in [1.82, 2.24) is 0 Å². The number of hydrogen-bond acceptors (Lipinski definition) is 5. The lowest BCUT2D eigenvalue weighted by Gasteiger charge is -2.07. The first kappa shape index (κ1) is 13.9. The van der Waals surface area contributed by atoms with E-state index in [4.69, 9.17) is 10.5 Å². The molecule has 1 aliphatic carbocycles. The van der Waals surface area contributed by atoms with E-state index in [2.05, 4.69) is 0 Å². The third-order valence-electron chi connectivity index (χ3n) is 3.05. The van der Waals surface area contributed by atoms with Gasteiger partial charge in [-0.05, 0) is 30.5 Å². The number of anilines is 1. The highest BCUT2D eigenvalue weighted by molar-refractivity contribution is 7.90. The Labute approximate surface area is 112 Å². The van der Waals surface area contributed by atoms with E-state index in [0.29, 0.717) is 12.5 Å². The summed E-state index contributed by atoms with van der Waals surface area (Å²) in [5, 5.41) is 0. The van der Waals surface area contributed by atoms with Crippen LogP contribution in [0.3, 0.4) is 0 Å². The zero-order valence-corrected chi connectivity index (χ0v) is 11.6. The van der Waals surface area contributed by atoms with Crippen LogP contribution in [0.2, 0.25) is 0 Å². The molecule has 0 saturated heterocycles. The van der Waals surface area contributed by atoms with Crippen LogP contribution in [0.15, 0.2) is 23.1 Å². The number of esters is 1.